The third-order valence-corrected chi connectivity index (χ3v) is 4.02. The Morgan fingerprint density at radius 2 is 2.16 bits per heavy atom. The molecule has 0 amide bonds. The van der Waals surface area contributed by atoms with Crippen molar-refractivity contribution in [3.8, 4) is 0 Å². The van der Waals surface area contributed by atoms with E-state index in [-0.39, 0.29) is 4.90 Å². The van der Waals surface area contributed by atoms with Gasteiger partial charge in [0.1, 0.15) is 0 Å². The van der Waals surface area contributed by atoms with Crippen molar-refractivity contribution in [2.24, 2.45) is 15.9 Å². The molecular weight excluding hydrogens is 264 g/mol. The summed E-state index contributed by atoms with van der Waals surface area (Å²) >= 11 is 0. The number of guanidine groups is 1. The number of aliphatic imine (C=N–C) groups is 1. The second-order valence-electron chi connectivity index (χ2n) is 4.71. The Hall–Kier alpha value is -1.60. The first kappa shape index (κ1) is 13.8. The van der Waals surface area contributed by atoms with E-state index in [1.54, 1.807) is 12.1 Å². The normalized spacial score (nSPS) is 16.4. The maximum atomic E-state index is 11.2. The van der Waals surface area contributed by atoms with Crippen molar-refractivity contribution in [1.29, 1.82) is 0 Å². The lowest BCUT2D eigenvalue weighted by Gasteiger charge is -2.16. The fourth-order valence-corrected chi connectivity index (χ4v) is 2.34. The van der Waals surface area contributed by atoms with Crippen molar-refractivity contribution in [1.82, 2.24) is 4.90 Å². The van der Waals surface area contributed by atoms with Gasteiger partial charge in [-0.2, -0.15) is 0 Å². The first-order valence-electron chi connectivity index (χ1n) is 6.02. The highest BCUT2D eigenvalue weighted by molar-refractivity contribution is 7.89. The number of hydrogen-bond acceptors (Lipinski definition) is 3. The first-order valence-corrected chi connectivity index (χ1v) is 7.57. The van der Waals surface area contributed by atoms with Crippen LogP contribution in [0.3, 0.4) is 0 Å². The van der Waals surface area contributed by atoms with Gasteiger partial charge in [0.2, 0.25) is 10.0 Å². The molecule has 1 saturated carbocycles. The molecule has 1 fully saturated rings. The molecule has 0 aromatic heterocycles. The predicted molar refractivity (Wildman–Crippen MR) is 73.9 cm³/mol. The molecule has 0 saturated heterocycles. The number of nitrogens with zero attached hydrogens (tertiary/aromatic N) is 2. The molecule has 0 heterocycles. The van der Waals surface area contributed by atoms with Crippen molar-refractivity contribution in [3.05, 3.63) is 29.8 Å². The van der Waals surface area contributed by atoms with Crippen LogP contribution in [-0.4, -0.2) is 32.4 Å². The van der Waals surface area contributed by atoms with E-state index in [4.69, 9.17) is 10.9 Å². The molecule has 1 aromatic carbocycles. The third-order valence-electron chi connectivity index (χ3n) is 3.11. The standard InChI is InChI=1S/C12H18N4O2S/c1-16(10-5-6-10)12(13)15-8-9-3-2-4-11(7-9)19(14,17)18/h2-4,7,10H,5-6,8H2,1H3,(H2,13,15)(H2,14,17,18). The van der Waals surface area contributed by atoms with Gasteiger partial charge in [0.25, 0.3) is 0 Å². The smallest absolute Gasteiger partial charge is 0.238 e. The van der Waals surface area contributed by atoms with E-state index >= 15 is 0 Å². The first-order chi connectivity index (χ1) is 8.88. The van der Waals surface area contributed by atoms with E-state index in [0.29, 0.717) is 18.5 Å². The third kappa shape index (κ3) is 3.68. The van der Waals surface area contributed by atoms with Crippen LogP contribution in [-0.2, 0) is 16.6 Å². The molecule has 0 aliphatic heterocycles. The monoisotopic (exact) mass is 282 g/mol. The van der Waals surface area contributed by atoms with Gasteiger partial charge in [-0.1, -0.05) is 12.1 Å². The average Bonchev–Trinajstić information content (AvgIpc) is 3.18. The van der Waals surface area contributed by atoms with E-state index in [2.05, 4.69) is 4.99 Å². The molecule has 1 aromatic rings. The Morgan fingerprint density at radius 1 is 1.47 bits per heavy atom. The second kappa shape index (κ2) is 5.18. The van der Waals surface area contributed by atoms with Crippen LogP contribution in [0.2, 0.25) is 0 Å². The van der Waals surface area contributed by atoms with E-state index in [9.17, 15) is 8.42 Å². The van der Waals surface area contributed by atoms with Gasteiger partial charge in [-0.05, 0) is 30.5 Å². The van der Waals surface area contributed by atoms with E-state index < -0.39 is 10.0 Å². The van der Waals surface area contributed by atoms with E-state index in [1.165, 1.54) is 12.1 Å². The van der Waals surface area contributed by atoms with Crippen LogP contribution < -0.4 is 10.9 Å². The molecule has 6 nitrogen and oxygen atoms in total. The second-order valence-corrected chi connectivity index (χ2v) is 6.27. The Bertz CT molecular complexity index is 594. The largest absolute Gasteiger partial charge is 0.370 e. The molecule has 0 bridgehead atoms. The maximum absolute atomic E-state index is 11.2. The molecule has 7 heteroatoms. The van der Waals surface area contributed by atoms with Gasteiger partial charge in [0.15, 0.2) is 5.96 Å². The summed E-state index contributed by atoms with van der Waals surface area (Å²) < 4.78 is 22.5. The molecule has 4 N–H and O–H groups in total. The quantitative estimate of drug-likeness (QED) is 0.610. The van der Waals surface area contributed by atoms with Crippen molar-refractivity contribution in [2.45, 2.75) is 30.3 Å². The average molecular weight is 282 g/mol. The number of rotatable bonds is 4. The van der Waals surface area contributed by atoms with Crippen molar-refractivity contribution in [3.63, 3.8) is 0 Å². The molecule has 1 aliphatic rings. The number of hydrogen-bond donors (Lipinski definition) is 2. The summed E-state index contributed by atoms with van der Waals surface area (Å²) in [5.41, 5.74) is 6.63. The highest BCUT2D eigenvalue weighted by Gasteiger charge is 2.27. The molecule has 0 atom stereocenters. The van der Waals surface area contributed by atoms with Gasteiger partial charge in [0, 0.05) is 13.1 Å². The van der Waals surface area contributed by atoms with Crippen LogP contribution in [0.5, 0.6) is 0 Å². The molecular formula is C12H18N4O2S. The summed E-state index contributed by atoms with van der Waals surface area (Å²) in [6, 6.07) is 6.92. The fourth-order valence-electron chi connectivity index (χ4n) is 1.75. The summed E-state index contributed by atoms with van der Waals surface area (Å²) in [4.78, 5) is 6.30. The summed E-state index contributed by atoms with van der Waals surface area (Å²) in [7, 11) is -1.76. The van der Waals surface area contributed by atoms with Gasteiger partial charge >= 0.3 is 0 Å². The van der Waals surface area contributed by atoms with Gasteiger partial charge in [0.05, 0.1) is 11.4 Å². The highest BCUT2D eigenvalue weighted by atomic mass is 32.2. The van der Waals surface area contributed by atoms with Gasteiger partial charge in [-0.3, -0.25) is 0 Å². The summed E-state index contributed by atoms with van der Waals surface area (Å²) in [5.74, 6) is 0.475. The lowest BCUT2D eigenvalue weighted by molar-refractivity contribution is 0.487. The number of benzene rings is 1. The van der Waals surface area contributed by atoms with Crippen LogP contribution in [0.25, 0.3) is 0 Å². The molecule has 104 valence electrons. The van der Waals surface area contributed by atoms with Crippen molar-refractivity contribution >= 4 is 16.0 Å². The lowest BCUT2D eigenvalue weighted by Crippen LogP contribution is -2.35. The highest BCUT2D eigenvalue weighted by Crippen LogP contribution is 2.24. The molecule has 2 rings (SSSR count). The van der Waals surface area contributed by atoms with Crippen molar-refractivity contribution in [2.75, 3.05) is 7.05 Å². The fraction of sp³-hybridized carbons (Fsp3) is 0.417. The minimum atomic E-state index is -3.67. The molecule has 0 radical (unpaired) electrons. The van der Waals surface area contributed by atoms with Crippen LogP contribution in [0.15, 0.2) is 34.2 Å². The lowest BCUT2D eigenvalue weighted by atomic mass is 10.2. The van der Waals surface area contributed by atoms with Crippen molar-refractivity contribution < 1.29 is 8.42 Å². The van der Waals surface area contributed by atoms with Crippen LogP contribution >= 0.6 is 0 Å². The predicted octanol–water partition coefficient (Wildman–Crippen LogP) is 0.243. The zero-order chi connectivity index (χ0) is 14.0. The minimum Gasteiger partial charge on any atom is -0.370 e. The number of sulfonamides is 1. The van der Waals surface area contributed by atoms with Gasteiger partial charge in [-0.25, -0.2) is 18.5 Å². The molecule has 19 heavy (non-hydrogen) atoms. The molecule has 0 unspecified atom stereocenters. The summed E-state index contributed by atoms with van der Waals surface area (Å²) in [6.07, 6.45) is 2.29. The Labute approximate surface area is 113 Å². The van der Waals surface area contributed by atoms with Gasteiger partial charge < -0.3 is 10.6 Å². The maximum Gasteiger partial charge on any atom is 0.238 e. The van der Waals surface area contributed by atoms with Crippen LogP contribution in [0.4, 0.5) is 0 Å². The zero-order valence-corrected chi connectivity index (χ0v) is 11.6. The van der Waals surface area contributed by atoms with Gasteiger partial charge in [-0.15, -0.1) is 0 Å². The van der Waals surface area contributed by atoms with E-state index in [1.807, 2.05) is 11.9 Å². The summed E-state index contributed by atoms with van der Waals surface area (Å²) in [6.45, 7) is 0.340. The van der Waals surface area contributed by atoms with Crippen LogP contribution in [0.1, 0.15) is 18.4 Å². The minimum absolute atomic E-state index is 0.0920. The molecule has 0 spiro atoms. The number of primary sulfonamides is 1. The van der Waals surface area contributed by atoms with E-state index in [0.717, 1.165) is 18.4 Å². The topological polar surface area (TPSA) is 102 Å². The Kier molecular flexibility index (Phi) is 3.77. The number of nitrogens with two attached hydrogens (primary N) is 2. The summed E-state index contributed by atoms with van der Waals surface area (Å²) in [5, 5.41) is 5.08. The van der Waals surface area contributed by atoms with Crippen LogP contribution in [0, 0.1) is 0 Å². The zero-order valence-electron chi connectivity index (χ0n) is 10.8. The SMILES string of the molecule is CN(C(N)=NCc1cccc(S(N)(=O)=O)c1)C1CC1. The molecule has 1 aliphatic carbocycles. The Morgan fingerprint density at radius 3 is 2.74 bits per heavy atom. The Balaban J connectivity index is 2.09.